The van der Waals surface area contributed by atoms with Gasteiger partial charge in [0.15, 0.2) is 5.16 Å². The molecule has 0 radical (unpaired) electrons. The molecule has 1 saturated heterocycles. The quantitative estimate of drug-likeness (QED) is 0.435. The number of nitrogens with zero attached hydrogens (tertiary/aromatic N) is 3. The number of hydrogen-bond acceptors (Lipinski definition) is 6. The average Bonchev–Trinajstić information content (AvgIpc) is 3.18. The Balaban J connectivity index is 1.58. The summed E-state index contributed by atoms with van der Waals surface area (Å²) >= 11 is 1.29. The number of nitrogens with one attached hydrogen (secondary N) is 3. The van der Waals surface area contributed by atoms with Crippen LogP contribution < -0.4 is 16.0 Å². The molecule has 0 spiro atoms. The van der Waals surface area contributed by atoms with Gasteiger partial charge in [0.25, 0.3) is 0 Å². The Morgan fingerprint density at radius 1 is 1.11 bits per heavy atom. The minimum absolute atomic E-state index is 0.142. The van der Waals surface area contributed by atoms with Crippen molar-refractivity contribution in [3.8, 4) is 5.69 Å². The fourth-order valence-electron chi connectivity index (χ4n) is 3.95. The van der Waals surface area contributed by atoms with Gasteiger partial charge in [-0.1, -0.05) is 36.0 Å². The van der Waals surface area contributed by atoms with E-state index in [1.165, 1.54) is 11.8 Å². The van der Waals surface area contributed by atoms with Gasteiger partial charge < -0.3 is 10.6 Å². The van der Waals surface area contributed by atoms with E-state index < -0.39 is 12.1 Å². The summed E-state index contributed by atoms with van der Waals surface area (Å²) in [7, 11) is 0. The molecule has 0 aliphatic carbocycles. The predicted octanol–water partition coefficient (Wildman–Crippen LogP) is 3.37. The van der Waals surface area contributed by atoms with Crippen molar-refractivity contribution in [3.05, 3.63) is 64.5 Å². The van der Waals surface area contributed by atoms with Crippen LogP contribution in [0.3, 0.4) is 0 Å². The number of benzene rings is 2. The van der Waals surface area contributed by atoms with Crippen molar-refractivity contribution in [3.63, 3.8) is 0 Å². The maximum atomic E-state index is 12.7. The Morgan fingerprint density at radius 2 is 1.91 bits per heavy atom. The van der Waals surface area contributed by atoms with E-state index >= 15 is 0 Å². The van der Waals surface area contributed by atoms with Crippen molar-refractivity contribution in [2.24, 2.45) is 0 Å². The number of aromatic nitrogens is 3. The normalized spacial score (nSPS) is 15.5. The van der Waals surface area contributed by atoms with E-state index in [0.29, 0.717) is 17.4 Å². The van der Waals surface area contributed by atoms with Crippen LogP contribution in [0.1, 0.15) is 34.5 Å². The van der Waals surface area contributed by atoms with Crippen molar-refractivity contribution in [2.45, 2.75) is 51.7 Å². The van der Waals surface area contributed by atoms with Gasteiger partial charge in [-0.05, 0) is 62.1 Å². The maximum absolute atomic E-state index is 12.7. The fraction of sp³-hybridized carbons (Fsp3) is 0.320. The molecule has 10 heteroatoms. The average molecular weight is 493 g/mol. The molecule has 1 aromatic heterocycles. The summed E-state index contributed by atoms with van der Waals surface area (Å²) in [5, 5.41) is 17.3. The molecule has 2 aromatic carbocycles. The number of hydrogen-bond donors (Lipinski definition) is 3. The SMILES string of the molecule is Cc1ccc(C)c(-n2c(CC3CC(=O)NC(=O)N3)nnc2SCC(=O)Nc2cccc(C)c2C)c1. The van der Waals surface area contributed by atoms with E-state index in [4.69, 9.17) is 0 Å². The number of imide groups is 1. The number of carbonyl (C=O) groups excluding carboxylic acids is 3. The zero-order valence-corrected chi connectivity index (χ0v) is 21.0. The highest BCUT2D eigenvalue weighted by atomic mass is 32.2. The van der Waals surface area contributed by atoms with Crippen molar-refractivity contribution in [2.75, 3.05) is 11.1 Å². The Hall–Kier alpha value is -3.66. The first-order valence-corrected chi connectivity index (χ1v) is 12.3. The largest absolute Gasteiger partial charge is 0.334 e. The topological polar surface area (TPSA) is 118 Å². The second-order valence-corrected chi connectivity index (χ2v) is 9.68. The van der Waals surface area contributed by atoms with Crippen LogP contribution in [0.4, 0.5) is 10.5 Å². The monoisotopic (exact) mass is 492 g/mol. The van der Waals surface area contributed by atoms with E-state index in [1.807, 2.05) is 68.7 Å². The Kier molecular flexibility index (Phi) is 7.20. The Bertz CT molecular complexity index is 1290. The van der Waals surface area contributed by atoms with Gasteiger partial charge >= 0.3 is 6.03 Å². The second-order valence-electron chi connectivity index (χ2n) is 8.74. The molecule has 0 bridgehead atoms. The molecule has 1 aliphatic heterocycles. The first kappa shape index (κ1) is 24.5. The van der Waals surface area contributed by atoms with Gasteiger partial charge in [-0.25, -0.2) is 4.79 Å². The highest BCUT2D eigenvalue weighted by molar-refractivity contribution is 7.99. The Labute approximate surface area is 208 Å². The van der Waals surface area contributed by atoms with Gasteiger partial charge in [-0.15, -0.1) is 10.2 Å². The van der Waals surface area contributed by atoms with Crippen LogP contribution in [0, 0.1) is 27.7 Å². The molecular weight excluding hydrogens is 464 g/mol. The lowest BCUT2D eigenvalue weighted by molar-refractivity contribution is -0.121. The highest BCUT2D eigenvalue weighted by Crippen LogP contribution is 2.27. The van der Waals surface area contributed by atoms with Crippen molar-refractivity contribution in [1.29, 1.82) is 0 Å². The first-order chi connectivity index (χ1) is 16.7. The van der Waals surface area contributed by atoms with Crippen molar-refractivity contribution < 1.29 is 14.4 Å². The smallest absolute Gasteiger partial charge is 0.321 e. The molecule has 4 amide bonds. The van der Waals surface area contributed by atoms with Gasteiger partial charge in [0, 0.05) is 24.6 Å². The van der Waals surface area contributed by atoms with Crippen LogP contribution in [0.25, 0.3) is 5.69 Å². The predicted molar refractivity (Wildman–Crippen MR) is 135 cm³/mol. The molecule has 1 atom stereocenters. The fourth-order valence-corrected chi connectivity index (χ4v) is 4.71. The number of urea groups is 1. The molecule has 0 saturated carbocycles. The zero-order valence-electron chi connectivity index (χ0n) is 20.1. The molecule has 2 heterocycles. The minimum Gasteiger partial charge on any atom is -0.334 e. The molecule has 1 fully saturated rings. The third kappa shape index (κ3) is 5.71. The summed E-state index contributed by atoms with van der Waals surface area (Å²) in [5.74, 6) is 0.293. The van der Waals surface area contributed by atoms with E-state index in [-0.39, 0.29) is 24.0 Å². The van der Waals surface area contributed by atoms with Gasteiger partial charge in [-0.3, -0.25) is 19.5 Å². The second kappa shape index (κ2) is 10.3. The number of carbonyl (C=O) groups is 3. The number of thioether (sulfide) groups is 1. The van der Waals surface area contributed by atoms with Gasteiger partial charge in [-0.2, -0.15) is 0 Å². The molecule has 9 nitrogen and oxygen atoms in total. The molecule has 1 unspecified atom stereocenters. The van der Waals surface area contributed by atoms with E-state index in [2.05, 4.69) is 26.1 Å². The first-order valence-electron chi connectivity index (χ1n) is 11.3. The highest BCUT2D eigenvalue weighted by Gasteiger charge is 2.27. The van der Waals surface area contributed by atoms with E-state index in [0.717, 1.165) is 33.6 Å². The summed E-state index contributed by atoms with van der Waals surface area (Å²) in [6.45, 7) is 7.98. The molecule has 3 aromatic rings. The van der Waals surface area contributed by atoms with Crippen LogP contribution >= 0.6 is 11.8 Å². The lowest BCUT2D eigenvalue weighted by atomic mass is 10.1. The van der Waals surface area contributed by atoms with Crippen LogP contribution in [-0.4, -0.2) is 44.4 Å². The molecule has 182 valence electrons. The number of amides is 4. The van der Waals surface area contributed by atoms with Crippen LogP contribution in [0.5, 0.6) is 0 Å². The summed E-state index contributed by atoms with van der Waals surface area (Å²) in [5.41, 5.74) is 5.92. The standard InChI is InChI=1S/C25H28N6O3S/c1-14-8-9-16(3)20(10-14)31-21(11-18-12-22(32)28-24(34)26-18)29-30-25(31)35-13-23(33)27-19-7-5-6-15(2)17(19)4/h5-10,18H,11-13H2,1-4H3,(H,27,33)(H2,26,28,32,34). The minimum atomic E-state index is -0.512. The molecule has 1 aliphatic rings. The lowest BCUT2D eigenvalue weighted by Crippen LogP contribution is -2.53. The summed E-state index contributed by atoms with van der Waals surface area (Å²) in [6.07, 6.45) is 0.487. The van der Waals surface area contributed by atoms with Crippen molar-refractivity contribution in [1.82, 2.24) is 25.4 Å². The van der Waals surface area contributed by atoms with E-state index in [9.17, 15) is 14.4 Å². The maximum Gasteiger partial charge on any atom is 0.321 e. The molecule has 35 heavy (non-hydrogen) atoms. The molecular formula is C25H28N6O3S. The summed E-state index contributed by atoms with van der Waals surface area (Å²) in [4.78, 5) is 36.3. The van der Waals surface area contributed by atoms with Crippen LogP contribution in [-0.2, 0) is 16.0 Å². The number of rotatable bonds is 7. The third-order valence-corrected chi connectivity index (χ3v) is 6.89. The summed E-state index contributed by atoms with van der Waals surface area (Å²) < 4.78 is 1.91. The molecule has 4 rings (SSSR count). The van der Waals surface area contributed by atoms with Crippen LogP contribution in [0.15, 0.2) is 41.6 Å². The van der Waals surface area contributed by atoms with Gasteiger partial charge in [0.2, 0.25) is 11.8 Å². The number of aryl methyl sites for hydroxylation is 3. The van der Waals surface area contributed by atoms with Crippen LogP contribution in [0.2, 0.25) is 0 Å². The van der Waals surface area contributed by atoms with Gasteiger partial charge in [0.1, 0.15) is 5.82 Å². The number of anilines is 1. The zero-order chi connectivity index (χ0) is 25.1. The lowest BCUT2D eigenvalue weighted by Gasteiger charge is -2.23. The summed E-state index contributed by atoms with van der Waals surface area (Å²) in [6, 6.07) is 11.0. The third-order valence-electron chi connectivity index (χ3n) is 5.97. The Morgan fingerprint density at radius 3 is 2.69 bits per heavy atom. The van der Waals surface area contributed by atoms with Crippen molar-refractivity contribution >= 4 is 35.3 Å². The van der Waals surface area contributed by atoms with Gasteiger partial charge in [0.05, 0.1) is 11.4 Å². The van der Waals surface area contributed by atoms with E-state index in [1.54, 1.807) is 0 Å². The molecule has 3 N–H and O–H groups in total.